The largest absolute Gasteiger partial charge is 0.383 e. The molecule has 29 heavy (non-hydrogen) atoms. The predicted molar refractivity (Wildman–Crippen MR) is 113 cm³/mol. The Morgan fingerprint density at radius 3 is 2.79 bits per heavy atom. The molecule has 2 aliphatic rings. The summed E-state index contributed by atoms with van der Waals surface area (Å²) in [6.07, 6.45) is 9.49. The molecule has 1 aliphatic heterocycles. The molecule has 4 heterocycles. The highest BCUT2D eigenvalue weighted by Gasteiger charge is 2.42. The Bertz CT molecular complexity index is 1110. The van der Waals surface area contributed by atoms with Crippen LogP contribution in [0.15, 0.2) is 24.4 Å². The first-order valence-corrected chi connectivity index (χ1v) is 10.4. The van der Waals surface area contributed by atoms with Gasteiger partial charge in [0, 0.05) is 12.6 Å². The van der Waals surface area contributed by atoms with E-state index in [1.54, 1.807) is 0 Å². The monoisotopic (exact) mass is 390 g/mol. The van der Waals surface area contributed by atoms with Gasteiger partial charge in [0.15, 0.2) is 5.82 Å². The summed E-state index contributed by atoms with van der Waals surface area (Å²) in [5.41, 5.74) is 7.85. The minimum absolute atomic E-state index is 0.113. The fourth-order valence-electron chi connectivity index (χ4n) is 4.74. The summed E-state index contributed by atoms with van der Waals surface area (Å²) < 4.78 is 2.12. The maximum Gasteiger partial charge on any atom is 0.235 e. The van der Waals surface area contributed by atoms with Crippen LogP contribution in [-0.4, -0.2) is 25.3 Å². The molecule has 0 atom stereocenters. The van der Waals surface area contributed by atoms with Gasteiger partial charge in [0.05, 0.1) is 16.5 Å². The van der Waals surface area contributed by atoms with Gasteiger partial charge >= 0.3 is 0 Å². The van der Waals surface area contributed by atoms with E-state index < -0.39 is 5.41 Å². The van der Waals surface area contributed by atoms with E-state index >= 15 is 0 Å². The fraction of sp³-hybridized carbons (Fsp3) is 0.455. The number of nitrogens with zero attached hydrogens (tertiary/aromatic N) is 4. The van der Waals surface area contributed by atoms with Crippen LogP contribution in [0.25, 0.3) is 17.0 Å². The number of hydrogen-bond donors (Lipinski definition) is 2. The Morgan fingerprint density at radius 1 is 1.21 bits per heavy atom. The van der Waals surface area contributed by atoms with Crippen LogP contribution in [0.5, 0.6) is 0 Å². The first-order chi connectivity index (χ1) is 13.9. The molecule has 3 N–H and O–H groups in total. The molecule has 1 aliphatic carbocycles. The summed E-state index contributed by atoms with van der Waals surface area (Å²) >= 11 is 0. The number of amides is 1. The molecule has 7 heteroatoms. The molecule has 0 saturated heterocycles. The zero-order valence-corrected chi connectivity index (χ0v) is 16.9. The van der Waals surface area contributed by atoms with Gasteiger partial charge in [-0.1, -0.05) is 31.7 Å². The lowest BCUT2D eigenvalue weighted by Crippen LogP contribution is -2.27. The molecule has 150 valence electrons. The van der Waals surface area contributed by atoms with Crippen molar-refractivity contribution in [3.63, 3.8) is 0 Å². The van der Waals surface area contributed by atoms with Crippen molar-refractivity contribution in [2.75, 3.05) is 11.1 Å². The Morgan fingerprint density at radius 2 is 2.00 bits per heavy atom. The number of carbonyl (C=O) groups is 1. The van der Waals surface area contributed by atoms with Crippen LogP contribution in [-0.2, 0) is 16.6 Å². The van der Waals surface area contributed by atoms with E-state index in [-0.39, 0.29) is 5.91 Å². The average molecular weight is 390 g/mol. The van der Waals surface area contributed by atoms with Gasteiger partial charge in [0.1, 0.15) is 23.2 Å². The topological polar surface area (TPSA) is 98.2 Å². The van der Waals surface area contributed by atoms with E-state index in [1.165, 1.54) is 25.7 Å². The van der Waals surface area contributed by atoms with Gasteiger partial charge in [0.2, 0.25) is 5.91 Å². The summed E-state index contributed by atoms with van der Waals surface area (Å²) in [4.78, 5) is 26.4. The Kier molecular flexibility index (Phi) is 4.08. The number of hydrogen-bond acceptors (Lipinski definition) is 5. The second-order valence-corrected chi connectivity index (χ2v) is 8.76. The minimum atomic E-state index is -0.735. The Labute approximate surface area is 169 Å². The maximum atomic E-state index is 12.3. The number of aromatic nitrogens is 4. The van der Waals surface area contributed by atoms with Gasteiger partial charge in [-0.05, 0) is 38.3 Å². The molecule has 0 spiro atoms. The summed E-state index contributed by atoms with van der Waals surface area (Å²) in [6.45, 7) is 3.67. The zero-order chi connectivity index (χ0) is 20.2. The van der Waals surface area contributed by atoms with E-state index in [0.717, 1.165) is 30.1 Å². The predicted octanol–water partition coefficient (Wildman–Crippen LogP) is 3.73. The van der Waals surface area contributed by atoms with Crippen molar-refractivity contribution in [1.82, 2.24) is 19.4 Å². The highest BCUT2D eigenvalue weighted by atomic mass is 16.2. The lowest BCUT2D eigenvalue weighted by atomic mass is 9.87. The van der Waals surface area contributed by atoms with Crippen molar-refractivity contribution < 1.29 is 4.79 Å². The maximum absolute atomic E-state index is 12.3. The Balaban J connectivity index is 1.57. The fourth-order valence-corrected chi connectivity index (χ4v) is 4.74. The number of nitrogens with two attached hydrogens (primary N) is 1. The molecule has 0 radical (unpaired) electrons. The van der Waals surface area contributed by atoms with Crippen LogP contribution >= 0.6 is 0 Å². The number of aryl methyl sites for hydroxylation is 1. The van der Waals surface area contributed by atoms with Crippen LogP contribution in [0.2, 0.25) is 0 Å². The van der Waals surface area contributed by atoms with Gasteiger partial charge in [-0.2, -0.15) is 0 Å². The van der Waals surface area contributed by atoms with Crippen LogP contribution in [0.4, 0.5) is 11.6 Å². The normalized spacial score (nSPS) is 18.3. The van der Waals surface area contributed by atoms with E-state index in [4.69, 9.17) is 10.7 Å². The molecular formula is C22H26N6O. The van der Waals surface area contributed by atoms with Crippen molar-refractivity contribution in [2.45, 2.75) is 57.8 Å². The van der Waals surface area contributed by atoms with Gasteiger partial charge in [-0.15, -0.1) is 0 Å². The van der Waals surface area contributed by atoms with Crippen molar-refractivity contribution in [1.29, 1.82) is 0 Å². The molecule has 0 aromatic carbocycles. The summed E-state index contributed by atoms with van der Waals surface area (Å²) in [5, 5.41) is 2.85. The lowest BCUT2D eigenvalue weighted by Gasteiger charge is -2.16. The molecule has 0 unspecified atom stereocenters. The molecule has 3 aromatic rings. The highest BCUT2D eigenvalue weighted by Crippen LogP contribution is 2.40. The number of pyridine rings is 1. The first-order valence-electron chi connectivity index (χ1n) is 10.4. The number of fused-ring (bicyclic) bond motifs is 2. The Hall–Kier alpha value is -2.96. The van der Waals surface area contributed by atoms with E-state index in [1.807, 2.05) is 38.2 Å². The number of rotatable bonds is 4. The van der Waals surface area contributed by atoms with Crippen molar-refractivity contribution in [3.8, 4) is 11.5 Å². The molecule has 1 amide bonds. The van der Waals surface area contributed by atoms with Crippen molar-refractivity contribution in [2.24, 2.45) is 5.92 Å². The molecule has 0 bridgehead atoms. The first kappa shape index (κ1) is 18.1. The third-order valence-electron chi connectivity index (χ3n) is 6.45. The quantitative estimate of drug-likeness (QED) is 0.707. The third kappa shape index (κ3) is 2.87. The van der Waals surface area contributed by atoms with Gasteiger partial charge < -0.3 is 15.5 Å². The molecule has 3 aromatic heterocycles. The molecule has 7 nitrogen and oxygen atoms in total. The minimum Gasteiger partial charge on any atom is -0.383 e. The van der Waals surface area contributed by atoms with Crippen molar-refractivity contribution >= 4 is 23.1 Å². The molecule has 1 fully saturated rings. The third-order valence-corrected chi connectivity index (χ3v) is 6.45. The number of carbonyl (C=O) groups excluding carboxylic acids is 1. The zero-order valence-electron chi connectivity index (χ0n) is 16.9. The SMILES string of the molecule is CC1(C)C(=O)Nc2nc(-c3nc(CCC4CCCC4)n4ccccc34)nc(N)c21. The standard InChI is InChI=1S/C22H26N6O/c1-22(2)16-18(23)25-20(26-19(16)27-21(22)29)17-14-9-5-6-12-28(14)15(24-17)11-10-13-7-3-4-8-13/h5-6,9,12-13H,3-4,7-8,10-11H2,1-2H3,(H3,23,25,26,27,29). The van der Waals surface area contributed by atoms with E-state index in [9.17, 15) is 4.79 Å². The van der Waals surface area contributed by atoms with E-state index in [2.05, 4.69) is 19.7 Å². The summed E-state index contributed by atoms with van der Waals surface area (Å²) in [7, 11) is 0. The summed E-state index contributed by atoms with van der Waals surface area (Å²) in [5.74, 6) is 2.99. The lowest BCUT2D eigenvalue weighted by molar-refractivity contribution is -0.119. The smallest absolute Gasteiger partial charge is 0.235 e. The average Bonchev–Trinajstić information content (AvgIpc) is 3.38. The van der Waals surface area contributed by atoms with Crippen LogP contribution in [0.1, 0.15) is 57.3 Å². The van der Waals surface area contributed by atoms with Crippen LogP contribution in [0.3, 0.4) is 0 Å². The summed E-state index contributed by atoms with van der Waals surface area (Å²) in [6, 6.07) is 6.03. The number of nitrogens with one attached hydrogen (secondary N) is 1. The van der Waals surface area contributed by atoms with Crippen LogP contribution < -0.4 is 11.1 Å². The number of imidazole rings is 1. The van der Waals surface area contributed by atoms with Gasteiger partial charge in [-0.3, -0.25) is 4.79 Å². The van der Waals surface area contributed by atoms with E-state index in [0.29, 0.717) is 28.7 Å². The molecule has 5 rings (SSSR count). The van der Waals surface area contributed by atoms with Gasteiger partial charge in [-0.25, -0.2) is 15.0 Å². The van der Waals surface area contributed by atoms with Gasteiger partial charge in [0.25, 0.3) is 0 Å². The highest BCUT2D eigenvalue weighted by molar-refractivity contribution is 6.06. The number of anilines is 2. The number of nitrogen functional groups attached to an aromatic ring is 1. The van der Waals surface area contributed by atoms with Crippen LogP contribution in [0, 0.1) is 5.92 Å². The molecular weight excluding hydrogens is 364 g/mol. The second-order valence-electron chi connectivity index (χ2n) is 8.76. The van der Waals surface area contributed by atoms with Crippen molar-refractivity contribution in [3.05, 3.63) is 35.8 Å². The second kappa shape index (κ2) is 6.54. The molecule has 1 saturated carbocycles.